The maximum absolute atomic E-state index is 5.98. The van der Waals surface area contributed by atoms with Crippen LogP contribution < -0.4 is 19.9 Å². The average molecular weight is 356 g/mol. The van der Waals surface area contributed by atoms with Crippen molar-refractivity contribution in [1.29, 1.82) is 0 Å². The van der Waals surface area contributed by atoms with E-state index in [1.807, 2.05) is 20.8 Å². The number of nitrogens with zero attached hydrogens (tertiary/aromatic N) is 2. The molecule has 21 heavy (non-hydrogen) atoms. The van der Waals surface area contributed by atoms with Crippen LogP contribution in [0, 0.1) is 0 Å². The van der Waals surface area contributed by atoms with Gasteiger partial charge in [0.15, 0.2) is 16.2 Å². The zero-order chi connectivity index (χ0) is 15.4. The van der Waals surface area contributed by atoms with Gasteiger partial charge >= 0.3 is 0 Å². The van der Waals surface area contributed by atoms with Gasteiger partial charge in [-0.1, -0.05) is 0 Å². The van der Waals surface area contributed by atoms with Crippen LogP contribution in [-0.4, -0.2) is 29.8 Å². The van der Waals surface area contributed by atoms with E-state index in [1.54, 1.807) is 6.07 Å². The molecule has 2 aromatic rings. The van der Waals surface area contributed by atoms with Gasteiger partial charge in [-0.3, -0.25) is 0 Å². The van der Waals surface area contributed by atoms with Gasteiger partial charge in [0.25, 0.3) is 0 Å². The van der Waals surface area contributed by atoms with E-state index in [0.29, 0.717) is 58.5 Å². The normalized spacial score (nSPS) is 10.7. The summed E-state index contributed by atoms with van der Waals surface area (Å²) in [5, 5.41) is 0.675. The zero-order valence-corrected chi connectivity index (χ0v) is 13.9. The summed E-state index contributed by atoms with van der Waals surface area (Å²) >= 11 is 3.25. The van der Waals surface area contributed by atoms with Crippen LogP contribution in [0.1, 0.15) is 20.8 Å². The highest BCUT2D eigenvalue weighted by atomic mass is 79.9. The third-order valence-corrected chi connectivity index (χ3v) is 3.10. The molecule has 2 rings (SSSR count). The number of benzene rings is 1. The molecule has 114 valence electrons. The summed E-state index contributed by atoms with van der Waals surface area (Å²) < 4.78 is 17.5. The first kappa shape index (κ1) is 15.6. The van der Waals surface area contributed by atoms with Gasteiger partial charge in [0.1, 0.15) is 11.3 Å². The van der Waals surface area contributed by atoms with Gasteiger partial charge in [-0.25, -0.2) is 9.97 Å². The lowest BCUT2D eigenvalue weighted by Crippen LogP contribution is -2.05. The fraction of sp³-hybridized carbons (Fsp3) is 0.429. The summed E-state index contributed by atoms with van der Waals surface area (Å²) in [6.45, 7) is 7.18. The molecule has 0 aliphatic carbocycles. The Morgan fingerprint density at radius 1 is 1.00 bits per heavy atom. The molecule has 7 heteroatoms. The van der Waals surface area contributed by atoms with E-state index in [1.165, 1.54) is 0 Å². The van der Waals surface area contributed by atoms with Crippen LogP contribution in [0.4, 0.5) is 5.82 Å². The second kappa shape index (κ2) is 6.80. The number of hydrogen-bond donors (Lipinski definition) is 1. The number of nitrogens with two attached hydrogens (primary N) is 1. The first-order chi connectivity index (χ1) is 10.1. The topological polar surface area (TPSA) is 79.5 Å². The summed E-state index contributed by atoms with van der Waals surface area (Å²) in [5.41, 5.74) is 6.58. The van der Waals surface area contributed by atoms with Crippen LogP contribution in [0.15, 0.2) is 10.8 Å². The monoisotopic (exact) mass is 355 g/mol. The lowest BCUT2D eigenvalue weighted by atomic mass is 10.2. The molecule has 0 aliphatic rings. The summed E-state index contributed by atoms with van der Waals surface area (Å²) in [7, 11) is 0. The van der Waals surface area contributed by atoms with Crippen LogP contribution >= 0.6 is 15.9 Å². The fourth-order valence-corrected chi connectivity index (χ4v) is 2.38. The summed E-state index contributed by atoms with van der Waals surface area (Å²) in [6, 6.07) is 1.79. The third-order valence-electron chi connectivity index (χ3n) is 2.75. The van der Waals surface area contributed by atoms with E-state index < -0.39 is 0 Å². The van der Waals surface area contributed by atoms with Crippen LogP contribution in [0.25, 0.3) is 10.9 Å². The second-order valence-electron chi connectivity index (χ2n) is 4.11. The molecule has 0 saturated heterocycles. The Labute approximate surface area is 131 Å². The lowest BCUT2D eigenvalue weighted by Gasteiger charge is -2.17. The van der Waals surface area contributed by atoms with Crippen LogP contribution in [0.2, 0.25) is 0 Å². The predicted octanol–water partition coefficient (Wildman–Crippen LogP) is 3.17. The highest BCUT2D eigenvalue weighted by molar-refractivity contribution is 9.10. The van der Waals surface area contributed by atoms with Crippen molar-refractivity contribution in [2.45, 2.75) is 20.8 Å². The van der Waals surface area contributed by atoms with E-state index in [0.717, 1.165) is 0 Å². The molecular weight excluding hydrogens is 338 g/mol. The molecule has 0 bridgehead atoms. The van der Waals surface area contributed by atoms with Gasteiger partial charge in [0.2, 0.25) is 5.75 Å². The molecular formula is C14H18BrN3O3. The van der Waals surface area contributed by atoms with Crippen molar-refractivity contribution in [3.05, 3.63) is 10.8 Å². The summed E-state index contributed by atoms with van der Waals surface area (Å²) in [6.07, 6.45) is 0. The van der Waals surface area contributed by atoms with Crippen molar-refractivity contribution < 1.29 is 14.2 Å². The first-order valence-electron chi connectivity index (χ1n) is 6.80. The molecule has 0 aliphatic heterocycles. The minimum atomic E-state index is 0.358. The number of halogens is 1. The Balaban J connectivity index is 2.80. The van der Waals surface area contributed by atoms with Gasteiger partial charge in [-0.15, -0.1) is 0 Å². The fourth-order valence-electron chi connectivity index (χ4n) is 2.01. The van der Waals surface area contributed by atoms with E-state index >= 15 is 0 Å². The number of anilines is 1. The molecule has 1 aromatic heterocycles. The molecule has 0 fully saturated rings. The van der Waals surface area contributed by atoms with Crippen molar-refractivity contribution in [3.8, 4) is 17.2 Å². The highest BCUT2D eigenvalue weighted by Gasteiger charge is 2.20. The molecule has 0 amide bonds. The Kier molecular flexibility index (Phi) is 5.06. The molecule has 1 heterocycles. The maximum Gasteiger partial charge on any atom is 0.205 e. The third kappa shape index (κ3) is 3.12. The molecule has 0 atom stereocenters. The minimum Gasteiger partial charge on any atom is -0.490 e. The van der Waals surface area contributed by atoms with Crippen LogP contribution in [-0.2, 0) is 0 Å². The van der Waals surface area contributed by atoms with Crippen molar-refractivity contribution in [2.24, 2.45) is 0 Å². The van der Waals surface area contributed by atoms with Gasteiger partial charge in [-0.05, 0) is 42.8 Å². The number of hydrogen-bond acceptors (Lipinski definition) is 6. The van der Waals surface area contributed by atoms with Gasteiger partial charge in [0, 0.05) is 0 Å². The quantitative estimate of drug-likeness (QED) is 0.801. The molecule has 0 unspecified atom stereocenters. The number of rotatable bonds is 6. The maximum atomic E-state index is 5.98. The standard InChI is InChI=1S/C14H18BrN3O3/c1-4-19-9-7-8-10(17-14(15)18-13(8)16)12(21-6-3)11(9)20-5-2/h7H,4-6H2,1-3H3,(H2,16,17,18). The molecule has 0 spiro atoms. The predicted molar refractivity (Wildman–Crippen MR) is 85.2 cm³/mol. The van der Waals surface area contributed by atoms with Crippen LogP contribution in [0.5, 0.6) is 17.2 Å². The Morgan fingerprint density at radius 2 is 1.62 bits per heavy atom. The molecule has 0 radical (unpaired) electrons. The van der Waals surface area contributed by atoms with E-state index in [2.05, 4.69) is 25.9 Å². The zero-order valence-electron chi connectivity index (χ0n) is 12.3. The van der Waals surface area contributed by atoms with Gasteiger partial charge in [0.05, 0.1) is 25.2 Å². The number of fused-ring (bicyclic) bond motifs is 1. The lowest BCUT2D eigenvalue weighted by molar-refractivity contribution is 0.263. The Bertz CT molecular complexity index is 649. The van der Waals surface area contributed by atoms with Crippen LogP contribution in [0.3, 0.4) is 0 Å². The van der Waals surface area contributed by atoms with Gasteiger partial charge < -0.3 is 19.9 Å². The van der Waals surface area contributed by atoms with E-state index in [9.17, 15) is 0 Å². The molecule has 2 N–H and O–H groups in total. The number of ether oxygens (including phenoxy) is 3. The molecule has 1 aromatic carbocycles. The SMILES string of the molecule is CCOc1cc2c(N)nc(Br)nc2c(OCC)c1OCC. The smallest absolute Gasteiger partial charge is 0.205 e. The average Bonchev–Trinajstić information content (AvgIpc) is 2.44. The van der Waals surface area contributed by atoms with E-state index in [4.69, 9.17) is 19.9 Å². The summed E-state index contributed by atoms with van der Waals surface area (Å²) in [4.78, 5) is 8.48. The molecule has 6 nitrogen and oxygen atoms in total. The van der Waals surface area contributed by atoms with Crippen molar-refractivity contribution >= 4 is 32.7 Å². The van der Waals surface area contributed by atoms with Crippen molar-refractivity contribution in [2.75, 3.05) is 25.6 Å². The second-order valence-corrected chi connectivity index (χ2v) is 4.82. The number of nitrogen functional groups attached to an aromatic ring is 1. The van der Waals surface area contributed by atoms with Gasteiger partial charge in [-0.2, -0.15) is 0 Å². The Hall–Kier alpha value is -1.76. The first-order valence-corrected chi connectivity index (χ1v) is 7.59. The Morgan fingerprint density at radius 3 is 2.24 bits per heavy atom. The number of aromatic nitrogens is 2. The summed E-state index contributed by atoms with van der Waals surface area (Å²) in [5.74, 6) is 2.00. The largest absolute Gasteiger partial charge is 0.490 e. The van der Waals surface area contributed by atoms with E-state index in [-0.39, 0.29) is 0 Å². The molecule has 0 saturated carbocycles. The highest BCUT2D eigenvalue weighted by Crippen LogP contribution is 2.44. The van der Waals surface area contributed by atoms with Crippen molar-refractivity contribution in [3.63, 3.8) is 0 Å². The van der Waals surface area contributed by atoms with Crippen molar-refractivity contribution in [1.82, 2.24) is 9.97 Å². The minimum absolute atomic E-state index is 0.358.